The van der Waals surface area contributed by atoms with Gasteiger partial charge in [-0.1, -0.05) is 26.2 Å². The Labute approximate surface area is 107 Å². The Hall–Kier alpha value is -0.0800. The van der Waals surface area contributed by atoms with E-state index in [0.717, 1.165) is 23.9 Å². The van der Waals surface area contributed by atoms with Crippen LogP contribution in [-0.2, 0) is 0 Å². The maximum Gasteiger partial charge on any atom is 0.0209 e. The van der Waals surface area contributed by atoms with E-state index >= 15 is 0 Å². The minimum Gasteiger partial charge on any atom is -0.313 e. The summed E-state index contributed by atoms with van der Waals surface area (Å²) in [7, 11) is 2.25. The fourth-order valence-electron chi connectivity index (χ4n) is 3.66. The maximum absolute atomic E-state index is 3.76. The van der Waals surface area contributed by atoms with E-state index in [1.165, 1.54) is 51.6 Å². The lowest BCUT2D eigenvalue weighted by Crippen LogP contribution is -2.33. The Bertz CT molecular complexity index is 214. The first-order chi connectivity index (χ1) is 8.15. The van der Waals surface area contributed by atoms with Gasteiger partial charge in [-0.15, -0.1) is 0 Å². The minimum absolute atomic E-state index is 0.746. The molecule has 1 saturated heterocycles. The first-order valence-corrected chi connectivity index (χ1v) is 7.58. The molecule has 2 rings (SSSR count). The molecular formula is C15H30N2. The van der Waals surface area contributed by atoms with Crippen molar-refractivity contribution in [3.63, 3.8) is 0 Å². The molecule has 4 atom stereocenters. The van der Waals surface area contributed by atoms with Gasteiger partial charge in [-0.3, -0.25) is 0 Å². The van der Waals surface area contributed by atoms with Crippen molar-refractivity contribution < 1.29 is 0 Å². The SMILES string of the molecule is CC1CCCC(CCNC2CC(C)N(C)C2)C1. The predicted octanol–water partition coefficient (Wildman–Crippen LogP) is 2.89. The molecule has 2 aliphatic rings. The average Bonchev–Trinajstić information content (AvgIpc) is 2.58. The largest absolute Gasteiger partial charge is 0.313 e. The Balaban J connectivity index is 1.60. The van der Waals surface area contributed by atoms with Crippen LogP contribution in [0, 0.1) is 11.8 Å². The number of nitrogens with zero attached hydrogens (tertiary/aromatic N) is 1. The summed E-state index contributed by atoms with van der Waals surface area (Å²) in [6.07, 6.45) is 8.62. The molecule has 0 spiro atoms. The van der Waals surface area contributed by atoms with Gasteiger partial charge >= 0.3 is 0 Å². The normalized spacial score (nSPS) is 39.7. The van der Waals surface area contributed by atoms with E-state index in [0.29, 0.717) is 0 Å². The van der Waals surface area contributed by atoms with Crippen LogP contribution in [0.15, 0.2) is 0 Å². The second-order valence-corrected chi connectivity index (χ2v) is 6.60. The molecule has 0 amide bonds. The Morgan fingerprint density at radius 2 is 2.00 bits per heavy atom. The van der Waals surface area contributed by atoms with Crippen molar-refractivity contribution >= 4 is 0 Å². The molecule has 1 saturated carbocycles. The Morgan fingerprint density at radius 3 is 2.65 bits per heavy atom. The highest BCUT2D eigenvalue weighted by molar-refractivity contribution is 4.85. The van der Waals surface area contributed by atoms with Crippen molar-refractivity contribution in [1.82, 2.24) is 10.2 Å². The van der Waals surface area contributed by atoms with E-state index in [9.17, 15) is 0 Å². The van der Waals surface area contributed by atoms with Crippen molar-refractivity contribution in [1.29, 1.82) is 0 Å². The molecular weight excluding hydrogens is 208 g/mol. The summed E-state index contributed by atoms with van der Waals surface area (Å²) < 4.78 is 0. The van der Waals surface area contributed by atoms with E-state index in [1.807, 2.05) is 0 Å². The zero-order valence-corrected chi connectivity index (χ0v) is 11.9. The first-order valence-electron chi connectivity index (χ1n) is 7.58. The van der Waals surface area contributed by atoms with Gasteiger partial charge in [-0.25, -0.2) is 0 Å². The van der Waals surface area contributed by atoms with Crippen molar-refractivity contribution in [2.75, 3.05) is 20.1 Å². The summed E-state index contributed by atoms with van der Waals surface area (Å²) in [6, 6.07) is 1.51. The minimum atomic E-state index is 0.746. The number of hydrogen-bond acceptors (Lipinski definition) is 2. The molecule has 0 aromatic carbocycles. The molecule has 0 aromatic heterocycles. The third-order valence-electron chi connectivity index (χ3n) is 4.92. The molecule has 0 bridgehead atoms. The molecule has 100 valence electrons. The molecule has 1 aliphatic carbocycles. The van der Waals surface area contributed by atoms with E-state index in [-0.39, 0.29) is 0 Å². The van der Waals surface area contributed by atoms with Crippen LogP contribution in [0.1, 0.15) is 52.4 Å². The molecule has 2 heteroatoms. The van der Waals surface area contributed by atoms with Crippen LogP contribution < -0.4 is 5.32 Å². The van der Waals surface area contributed by atoms with Gasteiger partial charge < -0.3 is 10.2 Å². The van der Waals surface area contributed by atoms with Gasteiger partial charge in [-0.05, 0) is 51.6 Å². The predicted molar refractivity (Wildman–Crippen MR) is 74.2 cm³/mol. The fourth-order valence-corrected chi connectivity index (χ4v) is 3.66. The topological polar surface area (TPSA) is 15.3 Å². The number of nitrogens with one attached hydrogen (secondary N) is 1. The third kappa shape index (κ3) is 3.96. The molecule has 1 aliphatic heterocycles. The van der Waals surface area contributed by atoms with Gasteiger partial charge in [0.1, 0.15) is 0 Å². The summed E-state index contributed by atoms with van der Waals surface area (Å²) in [5.74, 6) is 1.98. The van der Waals surface area contributed by atoms with Crippen LogP contribution in [0.25, 0.3) is 0 Å². The Morgan fingerprint density at radius 1 is 1.18 bits per heavy atom. The van der Waals surface area contributed by atoms with Gasteiger partial charge in [0.2, 0.25) is 0 Å². The number of likely N-dealkylation sites (N-methyl/N-ethyl adjacent to an activating group) is 1. The van der Waals surface area contributed by atoms with Crippen molar-refractivity contribution in [3.8, 4) is 0 Å². The first kappa shape index (κ1) is 13.4. The lowest BCUT2D eigenvalue weighted by atomic mass is 9.81. The summed E-state index contributed by atoms with van der Waals surface area (Å²) >= 11 is 0. The average molecular weight is 238 g/mol. The van der Waals surface area contributed by atoms with E-state index in [1.54, 1.807) is 0 Å². The van der Waals surface area contributed by atoms with Gasteiger partial charge in [-0.2, -0.15) is 0 Å². The number of likely N-dealkylation sites (tertiary alicyclic amines) is 1. The van der Waals surface area contributed by atoms with Crippen LogP contribution in [0.3, 0.4) is 0 Å². The van der Waals surface area contributed by atoms with Crippen LogP contribution >= 0.6 is 0 Å². The standard InChI is InChI=1S/C15H30N2/c1-12-5-4-6-14(9-12)7-8-16-15-10-13(2)17(3)11-15/h12-16H,4-11H2,1-3H3. The van der Waals surface area contributed by atoms with Gasteiger partial charge in [0.05, 0.1) is 0 Å². The zero-order valence-electron chi connectivity index (χ0n) is 11.9. The second-order valence-electron chi connectivity index (χ2n) is 6.60. The lowest BCUT2D eigenvalue weighted by Gasteiger charge is -2.27. The highest BCUT2D eigenvalue weighted by atomic mass is 15.2. The molecule has 0 radical (unpaired) electrons. The van der Waals surface area contributed by atoms with Crippen LogP contribution in [0.4, 0.5) is 0 Å². The number of rotatable bonds is 4. The van der Waals surface area contributed by atoms with Crippen LogP contribution in [0.5, 0.6) is 0 Å². The molecule has 2 fully saturated rings. The van der Waals surface area contributed by atoms with Crippen molar-refractivity contribution in [2.45, 2.75) is 64.5 Å². The van der Waals surface area contributed by atoms with Gasteiger partial charge in [0, 0.05) is 18.6 Å². The fraction of sp³-hybridized carbons (Fsp3) is 1.00. The highest BCUT2D eigenvalue weighted by Gasteiger charge is 2.25. The van der Waals surface area contributed by atoms with Gasteiger partial charge in [0.15, 0.2) is 0 Å². The molecule has 0 aromatic rings. The second kappa shape index (κ2) is 6.19. The zero-order chi connectivity index (χ0) is 12.3. The summed E-state index contributed by atoms with van der Waals surface area (Å²) in [4.78, 5) is 2.47. The molecule has 17 heavy (non-hydrogen) atoms. The molecule has 4 unspecified atom stereocenters. The Kier molecular flexibility index (Phi) is 4.87. The van der Waals surface area contributed by atoms with Gasteiger partial charge in [0.25, 0.3) is 0 Å². The molecule has 1 heterocycles. The smallest absolute Gasteiger partial charge is 0.0209 e. The summed E-state index contributed by atoms with van der Waals surface area (Å²) in [5, 5.41) is 3.76. The highest BCUT2D eigenvalue weighted by Crippen LogP contribution is 2.30. The summed E-state index contributed by atoms with van der Waals surface area (Å²) in [5.41, 5.74) is 0. The van der Waals surface area contributed by atoms with E-state index < -0.39 is 0 Å². The maximum atomic E-state index is 3.76. The quantitative estimate of drug-likeness (QED) is 0.810. The summed E-state index contributed by atoms with van der Waals surface area (Å²) in [6.45, 7) is 7.24. The molecule has 1 N–H and O–H groups in total. The van der Waals surface area contributed by atoms with Crippen molar-refractivity contribution in [3.05, 3.63) is 0 Å². The number of hydrogen-bond donors (Lipinski definition) is 1. The third-order valence-corrected chi connectivity index (χ3v) is 4.92. The van der Waals surface area contributed by atoms with E-state index in [2.05, 4.69) is 31.1 Å². The van der Waals surface area contributed by atoms with Crippen molar-refractivity contribution in [2.24, 2.45) is 11.8 Å². The molecule has 2 nitrogen and oxygen atoms in total. The van der Waals surface area contributed by atoms with E-state index in [4.69, 9.17) is 0 Å². The lowest BCUT2D eigenvalue weighted by molar-refractivity contribution is 0.264. The monoisotopic (exact) mass is 238 g/mol. The van der Waals surface area contributed by atoms with Crippen LogP contribution in [-0.4, -0.2) is 37.1 Å². The van der Waals surface area contributed by atoms with Crippen LogP contribution in [0.2, 0.25) is 0 Å².